The van der Waals surface area contributed by atoms with Crippen LogP contribution in [0.3, 0.4) is 0 Å². The number of nitrogens with one attached hydrogen (secondary N) is 2. The van der Waals surface area contributed by atoms with E-state index in [0.717, 1.165) is 17.2 Å². The molecular weight excluding hydrogens is 306 g/mol. The number of thiophene rings is 1. The Bertz CT molecular complexity index is 479. The molecule has 1 saturated heterocycles. The highest BCUT2D eigenvalue weighted by Crippen LogP contribution is 2.23. The van der Waals surface area contributed by atoms with Gasteiger partial charge in [-0.2, -0.15) is 11.8 Å². The molecule has 1 aliphatic rings. The Morgan fingerprint density at radius 2 is 2.24 bits per heavy atom. The van der Waals surface area contributed by atoms with Crippen LogP contribution in [0.4, 0.5) is 4.79 Å². The van der Waals surface area contributed by atoms with Gasteiger partial charge in [0.1, 0.15) is 0 Å². The molecule has 2 atom stereocenters. The second kappa shape index (κ2) is 7.82. The summed E-state index contributed by atoms with van der Waals surface area (Å²) in [6, 6.07) is 3.80. The topological polar surface area (TPSA) is 61.4 Å². The van der Waals surface area contributed by atoms with Crippen LogP contribution >= 0.6 is 23.1 Å². The number of rotatable bonds is 4. The van der Waals surface area contributed by atoms with E-state index in [0.29, 0.717) is 17.8 Å². The van der Waals surface area contributed by atoms with Crippen molar-refractivity contribution in [3.8, 4) is 0 Å². The van der Waals surface area contributed by atoms with Crippen molar-refractivity contribution in [2.75, 3.05) is 18.8 Å². The first-order chi connectivity index (χ1) is 10.1. The van der Waals surface area contributed by atoms with E-state index in [4.69, 9.17) is 0 Å². The minimum Gasteiger partial charge on any atom is -0.333 e. The van der Waals surface area contributed by atoms with E-state index in [1.165, 1.54) is 0 Å². The minimum absolute atomic E-state index is 0.246. The summed E-state index contributed by atoms with van der Waals surface area (Å²) in [5.74, 6) is 0.785. The van der Waals surface area contributed by atoms with Crippen molar-refractivity contribution in [3.05, 3.63) is 22.4 Å². The number of thioether (sulfide) groups is 1. The zero-order valence-electron chi connectivity index (χ0n) is 12.3. The van der Waals surface area contributed by atoms with Crippen LogP contribution < -0.4 is 10.6 Å². The lowest BCUT2D eigenvalue weighted by Crippen LogP contribution is -2.50. The van der Waals surface area contributed by atoms with Crippen molar-refractivity contribution < 1.29 is 9.59 Å². The molecule has 0 aliphatic carbocycles. The Hall–Kier alpha value is -1.05. The lowest BCUT2D eigenvalue weighted by Gasteiger charge is -2.36. The maximum absolute atomic E-state index is 11.9. The quantitative estimate of drug-likeness (QED) is 0.887. The molecule has 2 rings (SSSR count). The summed E-state index contributed by atoms with van der Waals surface area (Å²) >= 11 is 3.50. The summed E-state index contributed by atoms with van der Waals surface area (Å²) in [4.78, 5) is 26.8. The molecule has 3 amide bonds. The van der Waals surface area contributed by atoms with E-state index in [1.54, 1.807) is 11.3 Å². The fourth-order valence-corrected chi connectivity index (χ4v) is 4.00. The summed E-state index contributed by atoms with van der Waals surface area (Å²) in [5, 5.41) is 7.55. The largest absolute Gasteiger partial charge is 0.333 e. The van der Waals surface area contributed by atoms with E-state index in [9.17, 15) is 9.59 Å². The van der Waals surface area contributed by atoms with Crippen molar-refractivity contribution in [2.24, 2.45) is 0 Å². The van der Waals surface area contributed by atoms with E-state index >= 15 is 0 Å². The standard InChI is InChI=1S/C14H21N3O2S2/c1-10-11(2)20-7-5-17(10)9-13(18)16-14(19)15-8-12-4-3-6-21-12/h3-4,6,10-11H,5,7-9H2,1-2H3,(H2,15,16,18,19). The van der Waals surface area contributed by atoms with Crippen LogP contribution in [0.5, 0.6) is 0 Å². The third kappa shape index (κ3) is 5.01. The van der Waals surface area contributed by atoms with E-state index in [2.05, 4.69) is 29.4 Å². The first-order valence-corrected chi connectivity index (χ1v) is 8.95. The van der Waals surface area contributed by atoms with E-state index in [1.807, 2.05) is 29.3 Å². The van der Waals surface area contributed by atoms with Gasteiger partial charge in [-0.05, 0) is 18.4 Å². The summed E-state index contributed by atoms with van der Waals surface area (Å²) in [5.41, 5.74) is 0. The first-order valence-electron chi connectivity index (χ1n) is 7.02. The van der Waals surface area contributed by atoms with Gasteiger partial charge in [0.15, 0.2) is 0 Å². The zero-order valence-corrected chi connectivity index (χ0v) is 13.9. The highest BCUT2D eigenvalue weighted by atomic mass is 32.2. The minimum atomic E-state index is -0.430. The van der Waals surface area contributed by atoms with Crippen molar-refractivity contribution >= 4 is 35.0 Å². The summed E-state index contributed by atoms with van der Waals surface area (Å²) in [7, 11) is 0. The van der Waals surface area contributed by atoms with Crippen LogP contribution in [0.25, 0.3) is 0 Å². The molecule has 0 saturated carbocycles. The van der Waals surface area contributed by atoms with Crippen LogP contribution in [0.1, 0.15) is 18.7 Å². The van der Waals surface area contributed by atoms with Crippen LogP contribution in [-0.2, 0) is 11.3 Å². The average Bonchev–Trinajstić information content (AvgIpc) is 2.95. The van der Waals surface area contributed by atoms with Gasteiger partial charge in [0.25, 0.3) is 0 Å². The predicted molar refractivity (Wildman–Crippen MR) is 87.7 cm³/mol. The van der Waals surface area contributed by atoms with Gasteiger partial charge in [0, 0.05) is 28.5 Å². The lowest BCUT2D eigenvalue weighted by molar-refractivity contribution is -0.121. The van der Waals surface area contributed by atoms with Crippen molar-refractivity contribution in [1.82, 2.24) is 15.5 Å². The molecule has 0 bridgehead atoms. The molecule has 21 heavy (non-hydrogen) atoms. The fourth-order valence-electron chi connectivity index (χ4n) is 2.19. The Morgan fingerprint density at radius 1 is 1.43 bits per heavy atom. The van der Waals surface area contributed by atoms with Gasteiger partial charge in [0.2, 0.25) is 5.91 Å². The van der Waals surface area contributed by atoms with Crippen molar-refractivity contribution in [1.29, 1.82) is 0 Å². The fraction of sp³-hybridized carbons (Fsp3) is 0.571. The molecule has 5 nitrogen and oxygen atoms in total. The molecule has 1 aromatic heterocycles. The highest BCUT2D eigenvalue weighted by Gasteiger charge is 2.26. The molecule has 0 radical (unpaired) electrons. The Kier molecular flexibility index (Phi) is 6.08. The number of urea groups is 1. The van der Waals surface area contributed by atoms with Crippen LogP contribution in [-0.4, -0.2) is 47.0 Å². The molecule has 2 N–H and O–H groups in total. The van der Waals surface area contributed by atoms with Gasteiger partial charge in [-0.25, -0.2) is 4.79 Å². The van der Waals surface area contributed by atoms with Gasteiger partial charge >= 0.3 is 6.03 Å². The summed E-state index contributed by atoms with van der Waals surface area (Å²) < 4.78 is 0. The van der Waals surface area contributed by atoms with Crippen LogP contribution in [0.2, 0.25) is 0 Å². The highest BCUT2D eigenvalue weighted by molar-refractivity contribution is 8.00. The lowest BCUT2D eigenvalue weighted by atomic mass is 10.2. The van der Waals surface area contributed by atoms with Crippen LogP contribution in [0, 0.1) is 0 Å². The maximum atomic E-state index is 11.9. The van der Waals surface area contributed by atoms with Crippen molar-refractivity contribution in [3.63, 3.8) is 0 Å². The van der Waals surface area contributed by atoms with Crippen LogP contribution in [0.15, 0.2) is 17.5 Å². The number of hydrogen-bond acceptors (Lipinski definition) is 5. The predicted octanol–water partition coefficient (Wildman–Crippen LogP) is 1.90. The molecule has 0 aromatic carbocycles. The monoisotopic (exact) mass is 327 g/mol. The molecule has 7 heteroatoms. The van der Waals surface area contributed by atoms with Gasteiger partial charge in [-0.3, -0.25) is 15.0 Å². The van der Waals surface area contributed by atoms with Crippen molar-refractivity contribution in [2.45, 2.75) is 31.7 Å². The Balaban J connectivity index is 1.72. The number of carbonyl (C=O) groups excluding carboxylic acids is 2. The number of hydrogen-bond donors (Lipinski definition) is 2. The van der Waals surface area contributed by atoms with E-state index < -0.39 is 6.03 Å². The SMILES string of the molecule is CC1SCCN(CC(=O)NC(=O)NCc2cccs2)C1C. The maximum Gasteiger partial charge on any atom is 0.321 e. The molecule has 1 aromatic rings. The van der Waals surface area contributed by atoms with Gasteiger partial charge < -0.3 is 5.32 Å². The zero-order chi connectivity index (χ0) is 15.2. The normalized spacial score (nSPS) is 22.8. The number of carbonyl (C=O) groups is 2. The Labute approximate surface area is 133 Å². The summed E-state index contributed by atoms with van der Waals surface area (Å²) in [6.07, 6.45) is 0. The third-order valence-corrected chi connectivity index (χ3v) is 5.83. The second-order valence-corrected chi connectivity index (χ2v) is 7.61. The third-order valence-electron chi connectivity index (χ3n) is 3.62. The van der Waals surface area contributed by atoms with Gasteiger partial charge in [-0.1, -0.05) is 13.0 Å². The second-order valence-electron chi connectivity index (χ2n) is 5.10. The molecule has 2 unspecified atom stereocenters. The molecule has 1 fully saturated rings. The molecule has 116 valence electrons. The molecule has 1 aliphatic heterocycles. The molecular formula is C14H21N3O2S2. The number of imide groups is 1. The van der Waals surface area contributed by atoms with E-state index in [-0.39, 0.29) is 12.5 Å². The molecule has 0 spiro atoms. The number of nitrogens with zero attached hydrogens (tertiary/aromatic N) is 1. The van der Waals surface area contributed by atoms with Gasteiger partial charge in [0.05, 0.1) is 13.1 Å². The summed E-state index contributed by atoms with van der Waals surface area (Å²) in [6.45, 7) is 5.91. The average molecular weight is 327 g/mol. The molecule has 2 heterocycles. The smallest absolute Gasteiger partial charge is 0.321 e. The van der Waals surface area contributed by atoms with Gasteiger partial charge in [-0.15, -0.1) is 11.3 Å². The Morgan fingerprint density at radius 3 is 2.95 bits per heavy atom. The number of amides is 3. The first kappa shape index (κ1) is 16.3.